The van der Waals surface area contributed by atoms with Gasteiger partial charge in [0.15, 0.2) is 0 Å². The number of rotatable bonds is 5. The molecule has 2 aromatic rings. The molecule has 3 rings (SSSR count). The molecule has 1 aromatic heterocycles. The predicted octanol–water partition coefficient (Wildman–Crippen LogP) is 3.24. The summed E-state index contributed by atoms with van der Waals surface area (Å²) < 4.78 is 5.04. The number of hydrogen-bond donors (Lipinski definition) is 2. The van der Waals surface area contributed by atoms with Crippen LogP contribution < -0.4 is 5.32 Å². The normalized spacial score (nSPS) is 16.6. The van der Waals surface area contributed by atoms with Gasteiger partial charge < -0.3 is 19.9 Å². The van der Waals surface area contributed by atoms with Gasteiger partial charge in [-0.3, -0.25) is 0 Å². The minimum absolute atomic E-state index is 0.301. The molecule has 0 atom stereocenters. The second kappa shape index (κ2) is 7.04. The molecule has 0 saturated carbocycles. The van der Waals surface area contributed by atoms with E-state index in [0.717, 1.165) is 36.2 Å². The lowest BCUT2D eigenvalue weighted by atomic mass is 10.0. The first-order valence-corrected chi connectivity index (χ1v) is 8.48. The number of piperidine rings is 1. The van der Waals surface area contributed by atoms with Gasteiger partial charge in [0.1, 0.15) is 5.69 Å². The molecule has 1 aliphatic heterocycles. The smallest absolute Gasteiger partial charge is 0.354 e. The number of benzene rings is 1. The Morgan fingerprint density at radius 2 is 2.09 bits per heavy atom. The Balaban J connectivity index is 1.69. The van der Waals surface area contributed by atoms with Crippen LogP contribution in [0.25, 0.3) is 10.9 Å². The average molecular weight is 315 g/mol. The van der Waals surface area contributed by atoms with E-state index < -0.39 is 0 Å². The van der Waals surface area contributed by atoms with Crippen LogP contribution in [-0.2, 0) is 4.74 Å². The van der Waals surface area contributed by atoms with Crippen LogP contribution in [0, 0.1) is 0 Å². The zero-order chi connectivity index (χ0) is 16.2. The molecule has 0 aliphatic carbocycles. The molecule has 1 aromatic carbocycles. The predicted molar refractivity (Wildman–Crippen MR) is 93.0 cm³/mol. The van der Waals surface area contributed by atoms with Gasteiger partial charge in [-0.1, -0.05) is 6.92 Å². The Kier molecular flexibility index (Phi) is 4.86. The fourth-order valence-corrected chi connectivity index (χ4v) is 3.17. The van der Waals surface area contributed by atoms with Crippen molar-refractivity contribution < 1.29 is 9.53 Å². The van der Waals surface area contributed by atoms with Crippen molar-refractivity contribution in [3.8, 4) is 0 Å². The lowest BCUT2D eigenvalue weighted by Crippen LogP contribution is -2.38. The van der Waals surface area contributed by atoms with Gasteiger partial charge in [-0.05, 0) is 50.6 Å². The first kappa shape index (κ1) is 15.9. The Morgan fingerprint density at radius 3 is 2.78 bits per heavy atom. The van der Waals surface area contributed by atoms with Crippen LogP contribution >= 0.6 is 0 Å². The highest BCUT2D eigenvalue weighted by Gasteiger charge is 2.18. The second-order valence-electron chi connectivity index (χ2n) is 6.06. The molecule has 1 saturated heterocycles. The van der Waals surface area contributed by atoms with E-state index in [1.165, 1.54) is 12.8 Å². The number of likely N-dealkylation sites (tertiary alicyclic amines) is 1. The number of ether oxygens (including phenoxy) is 1. The summed E-state index contributed by atoms with van der Waals surface area (Å²) in [5.41, 5.74) is 2.58. The molecule has 0 bridgehead atoms. The fraction of sp³-hybridized carbons (Fsp3) is 0.500. The topological polar surface area (TPSA) is 57.4 Å². The zero-order valence-electron chi connectivity index (χ0n) is 13.9. The van der Waals surface area contributed by atoms with Crippen molar-refractivity contribution in [1.82, 2.24) is 9.88 Å². The summed E-state index contributed by atoms with van der Waals surface area (Å²) in [6, 6.07) is 8.57. The van der Waals surface area contributed by atoms with E-state index >= 15 is 0 Å². The highest BCUT2D eigenvalue weighted by Crippen LogP contribution is 2.23. The number of esters is 1. The Bertz CT molecular complexity index is 672. The summed E-state index contributed by atoms with van der Waals surface area (Å²) in [5.74, 6) is -0.301. The monoisotopic (exact) mass is 315 g/mol. The first-order valence-electron chi connectivity index (χ1n) is 8.48. The SMILES string of the molecule is CCOC(=O)c1cc2cc(NC3CCN(CC)CC3)ccc2[nH]1. The molecule has 0 unspecified atom stereocenters. The third kappa shape index (κ3) is 3.67. The molecule has 124 valence electrons. The largest absolute Gasteiger partial charge is 0.461 e. The maximum Gasteiger partial charge on any atom is 0.354 e. The van der Waals surface area contributed by atoms with E-state index in [2.05, 4.69) is 34.3 Å². The highest BCUT2D eigenvalue weighted by molar-refractivity contribution is 5.95. The molecule has 0 radical (unpaired) electrons. The fourth-order valence-electron chi connectivity index (χ4n) is 3.17. The van der Waals surface area contributed by atoms with Gasteiger partial charge in [0.25, 0.3) is 0 Å². The summed E-state index contributed by atoms with van der Waals surface area (Å²) in [6.45, 7) is 7.87. The van der Waals surface area contributed by atoms with Gasteiger partial charge in [0, 0.05) is 35.7 Å². The molecule has 1 aliphatic rings. The van der Waals surface area contributed by atoms with Crippen LogP contribution in [0.15, 0.2) is 24.3 Å². The van der Waals surface area contributed by atoms with E-state index in [0.29, 0.717) is 18.3 Å². The van der Waals surface area contributed by atoms with E-state index in [1.807, 2.05) is 19.1 Å². The van der Waals surface area contributed by atoms with Crippen LogP contribution in [0.5, 0.6) is 0 Å². The van der Waals surface area contributed by atoms with E-state index in [4.69, 9.17) is 4.74 Å². The summed E-state index contributed by atoms with van der Waals surface area (Å²) >= 11 is 0. The molecular weight excluding hydrogens is 290 g/mol. The lowest BCUT2D eigenvalue weighted by Gasteiger charge is -2.32. The van der Waals surface area contributed by atoms with Crippen LogP contribution in [0.4, 0.5) is 5.69 Å². The molecule has 0 spiro atoms. The maximum atomic E-state index is 11.8. The van der Waals surface area contributed by atoms with Crippen LogP contribution in [0.2, 0.25) is 0 Å². The van der Waals surface area contributed by atoms with Crippen molar-refractivity contribution in [2.45, 2.75) is 32.7 Å². The molecule has 1 fully saturated rings. The van der Waals surface area contributed by atoms with Crippen molar-refractivity contribution in [2.24, 2.45) is 0 Å². The number of hydrogen-bond acceptors (Lipinski definition) is 4. The quantitative estimate of drug-likeness (QED) is 0.832. The molecule has 5 nitrogen and oxygen atoms in total. The molecule has 2 N–H and O–H groups in total. The molecule has 5 heteroatoms. The number of nitrogens with one attached hydrogen (secondary N) is 2. The van der Waals surface area contributed by atoms with Crippen molar-refractivity contribution in [2.75, 3.05) is 31.6 Å². The van der Waals surface area contributed by atoms with E-state index in [1.54, 1.807) is 0 Å². The zero-order valence-corrected chi connectivity index (χ0v) is 13.9. The third-order valence-corrected chi connectivity index (χ3v) is 4.52. The minimum Gasteiger partial charge on any atom is -0.461 e. The standard InChI is InChI=1S/C18H25N3O2/c1-3-21-9-7-14(8-10-21)19-15-5-6-16-13(11-15)12-17(20-16)18(22)23-4-2/h5-6,11-12,14,19-20H,3-4,7-10H2,1-2H3. The Labute approximate surface area is 137 Å². The Hall–Kier alpha value is -2.01. The number of carbonyl (C=O) groups excluding carboxylic acids is 1. The first-order chi connectivity index (χ1) is 11.2. The highest BCUT2D eigenvalue weighted by atomic mass is 16.5. The van der Waals surface area contributed by atoms with Crippen LogP contribution in [-0.4, -0.2) is 48.1 Å². The number of aromatic amines is 1. The number of fused-ring (bicyclic) bond motifs is 1. The molecule has 23 heavy (non-hydrogen) atoms. The minimum atomic E-state index is -0.301. The molecule has 2 heterocycles. The third-order valence-electron chi connectivity index (χ3n) is 4.52. The van der Waals surface area contributed by atoms with Gasteiger partial charge in [-0.25, -0.2) is 4.79 Å². The van der Waals surface area contributed by atoms with Gasteiger partial charge in [-0.2, -0.15) is 0 Å². The van der Waals surface area contributed by atoms with Crippen molar-refractivity contribution >= 4 is 22.6 Å². The van der Waals surface area contributed by atoms with E-state index in [-0.39, 0.29) is 5.97 Å². The number of aromatic nitrogens is 1. The number of nitrogens with zero attached hydrogens (tertiary/aromatic N) is 1. The van der Waals surface area contributed by atoms with Crippen molar-refractivity contribution in [3.63, 3.8) is 0 Å². The van der Waals surface area contributed by atoms with Crippen molar-refractivity contribution in [3.05, 3.63) is 30.0 Å². The number of anilines is 1. The van der Waals surface area contributed by atoms with Crippen LogP contribution in [0.1, 0.15) is 37.2 Å². The van der Waals surface area contributed by atoms with Gasteiger partial charge in [0.05, 0.1) is 6.61 Å². The summed E-state index contributed by atoms with van der Waals surface area (Å²) in [6.07, 6.45) is 2.35. The second-order valence-corrected chi connectivity index (χ2v) is 6.06. The van der Waals surface area contributed by atoms with Gasteiger partial charge in [-0.15, -0.1) is 0 Å². The Morgan fingerprint density at radius 1 is 1.30 bits per heavy atom. The number of carbonyl (C=O) groups is 1. The lowest BCUT2D eigenvalue weighted by molar-refractivity contribution is 0.0520. The molecule has 0 amide bonds. The van der Waals surface area contributed by atoms with E-state index in [9.17, 15) is 4.79 Å². The summed E-state index contributed by atoms with van der Waals surface area (Å²) in [5, 5.41) is 4.66. The van der Waals surface area contributed by atoms with Crippen LogP contribution in [0.3, 0.4) is 0 Å². The van der Waals surface area contributed by atoms with Gasteiger partial charge >= 0.3 is 5.97 Å². The summed E-state index contributed by atoms with van der Waals surface area (Å²) in [7, 11) is 0. The maximum absolute atomic E-state index is 11.8. The summed E-state index contributed by atoms with van der Waals surface area (Å²) in [4.78, 5) is 17.4. The van der Waals surface area contributed by atoms with Gasteiger partial charge in [0.2, 0.25) is 0 Å². The average Bonchev–Trinajstić information content (AvgIpc) is 2.99. The molecular formula is C18H25N3O2. The van der Waals surface area contributed by atoms with Crippen molar-refractivity contribution in [1.29, 1.82) is 0 Å². The number of H-pyrrole nitrogens is 1.